The molecule has 9 heteroatoms. The van der Waals surface area contributed by atoms with E-state index in [9.17, 15) is 9.18 Å². The van der Waals surface area contributed by atoms with Crippen LogP contribution in [0.5, 0.6) is 5.75 Å². The molecule has 0 aliphatic rings. The van der Waals surface area contributed by atoms with E-state index >= 15 is 0 Å². The maximum Gasteiger partial charge on any atom is 0.260 e. The summed E-state index contributed by atoms with van der Waals surface area (Å²) in [6.45, 7) is 1.86. The van der Waals surface area contributed by atoms with Gasteiger partial charge < -0.3 is 4.74 Å². The molecule has 0 saturated heterocycles. The zero-order chi connectivity index (χ0) is 18.7. The van der Waals surface area contributed by atoms with Gasteiger partial charge in [-0.1, -0.05) is 11.8 Å². The normalized spacial score (nSPS) is 10.6. The number of rotatable bonds is 5. The van der Waals surface area contributed by atoms with Crippen molar-refractivity contribution in [2.45, 2.75) is 12.1 Å². The van der Waals surface area contributed by atoms with Gasteiger partial charge in [-0.05, 0) is 31.4 Å². The number of hydrogen-bond donors (Lipinski definition) is 1. The van der Waals surface area contributed by atoms with Gasteiger partial charge in [0.15, 0.2) is 21.9 Å². The summed E-state index contributed by atoms with van der Waals surface area (Å²) in [6, 6.07) is 4.64. The highest BCUT2D eigenvalue weighted by Gasteiger charge is 2.15. The van der Waals surface area contributed by atoms with Crippen LogP contribution in [0.25, 0.3) is 11.3 Å². The minimum Gasteiger partial charge on any atom is -0.494 e. The van der Waals surface area contributed by atoms with Gasteiger partial charge in [-0.15, -0.1) is 11.3 Å². The predicted molar refractivity (Wildman–Crippen MR) is 101 cm³/mol. The van der Waals surface area contributed by atoms with Crippen LogP contribution in [-0.2, 0) is 0 Å². The molecule has 134 valence electrons. The highest BCUT2D eigenvalue weighted by Crippen LogP contribution is 2.32. The summed E-state index contributed by atoms with van der Waals surface area (Å²) in [6.07, 6.45) is 4.79. The lowest BCUT2D eigenvalue weighted by Gasteiger charge is -2.04. The minimum absolute atomic E-state index is 0.170. The SMILES string of the molecule is COc1ccc(-c2nc(NC(=O)c3cnc(SC)nc3)sc2C)cc1F. The van der Waals surface area contributed by atoms with Gasteiger partial charge in [-0.2, -0.15) is 0 Å². The molecule has 1 amide bonds. The Labute approximate surface area is 157 Å². The van der Waals surface area contributed by atoms with E-state index in [4.69, 9.17) is 4.74 Å². The largest absolute Gasteiger partial charge is 0.494 e. The second-order valence-electron chi connectivity index (χ2n) is 5.19. The first kappa shape index (κ1) is 18.3. The van der Waals surface area contributed by atoms with Crippen LogP contribution in [0.1, 0.15) is 15.2 Å². The van der Waals surface area contributed by atoms with Gasteiger partial charge >= 0.3 is 0 Å². The quantitative estimate of drug-likeness (QED) is 0.524. The number of halogens is 1. The van der Waals surface area contributed by atoms with Crippen LogP contribution >= 0.6 is 23.1 Å². The average molecular weight is 390 g/mol. The summed E-state index contributed by atoms with van der Waals surface area (Å²) in [5, 5.41) is 3.74. The highest BCUT2D eigenvalue weighted by atomic mass is 32.2. The first-order valence-electron chi connectivity index (χ1n) is 7.50. The van der Waals surface area contributed by atoms with Crippen molar-refractivity contribution in [1.82, 2.24) is 15.0 Å². The number of amides is 1. The fraction of sp³-hybridized carbons (Fsp3) is 0.176. The van der Waals surface area contributed by atoms with Gasteiger partial charge in [0.25, 0.3) is 5.91 Å². The lowest BCUT2D eigenvalue weighted by Crippen LogP contribution is -2.12. The van der Waals surface area contributed by atoms with E-state index in [1.807, 2.05) is 13.2 Å². The lowest BCUT2D eigenvalue weighted by atomic mass is 10.1. The Morgan fingerprint density at radius 2 is 2.04 bits per heavy atom. The molecule has 0 fully saturated rings. The molecular formula is C17H15FN4O2S2. The number of methoxy groups -OCH3 is 1. The molecule has 3 rings (SSSR count). The molecule has 0 radical (unpaired) electrons. The summed E-state index contributed by atoms with van der Waals surface area (Å²) in [4.78, 5) is 25.7. The second-order valence-corrected chi connectivity index (χ2v) is 7.16. The zero-order valence-electron chi connectivity index (χ0n) is 14.2. The van der Waals surface area contributed by atoms with Crippen LogP contribution in [-0.4, -0.2) is 34.2 Å². The van der Waals surface area contributed by atoms with Crippen molar-refractivity contribution >= 4 is 34.1 Å². The fourth-order valence-electron chi connectivity index (χ4n) is 2.24. The van der Waals surface area contributed by atoms with Crippen molar-refractivity contribution in [3.63, 3.8) is 0 Å². The summed E-state index contributed by atoms with van der Waals surface area (Å²) in [5.74, 6) is -0.642. The van der Waals surface area contributed by atoms with E-state index in [0.29, 0.717) is 27.1 Å². The molecule has 0 atom stereocenters. The fourth-order valence-corrected chi connectivity index (χ4v) is 3.39. The van der Waals surface area contributed by atoms with Gasteiger partial charge in [-0.3, -0.25) is 10.1 Å². The Balaban J connectivity index is 1.81. The minimum atomic E-state index is -0.464. The molecule has 0 aliphatic carbocycles. The van der Waals surface area contributed by atoms with Crippen molar-refractivity contribution in [2.75, 3.05) is 18.7 Å². The number of benzene rings is 1. The van der Waals surface area contributed by atoms with Crippen LogP contribution in [0, 0.1) is 12.7 Å². The van der Waals surface area contributed by atoms with E-state index in [1.165, 1.54) is 48.7 Å². The van der Waals surface area contributed by atoms with Crippen LogP contribution in [0.3, 0.4) is 0 Å². The molecule has 0 unspecified atom stereocenters. The average Bonchev–Trinajstić information content (AvgIpc) is 3.01. The molecule has 0 bridgehead atoms. The molecular weight excluding hydrogens is 375 g/mol. The van der Waals surface area contributed by atoms with Gasteiger partial charge in [0.2, 0.25) is 0 Å². The first-order valence-corrected chi connectivity index (χ1v) is 9.54. The van der Waals surface area contributed by atoms with Crippen LogP contribution < -0.4 is 10.1 Å². The number of carbonyl (C=O) groups is 1. The maximum absolute atomic E-state index is 13.9. The number of aromatic nitrogens is 3. The van der Waals surface area contributed by atoms with Crippen molar-refractivity contribution in [2.24, 2.45) is 0 Å². The van der Waals surface area contributed by atoms with E-state index in [2.05, 4.69) is 20.3 Å². The first-order chi connectivity index (χ1) is 12.5. The van der Waals surface area contributed by atoms with Crippen LogP contribution in [0.2, 0.25) is 0 Å². The predicted octanol–water partition coefficient (Wildman–Crippen LogP) is 4.03. The number of thioether (sulfide) groups is 1. The molecule has 26 heavy (non-hydrogen) atoms. The molecule has 0 aliphatic heterocycles. The highest BCUT2D eigenvalue weighted by molar-refractivity contribution is 7.98. The third kappa shape index (κ3) is 3.83. The Bertz CT molecular complexity index is 944. The summed E-state index contributed by atoms with van der Waals surface area (Å²) < 4.78 is 18.9. The summed E-state index contributed by atoms with van der Waals surface area (Å²) in [7, 11) is 1.41. The number of thiazole rings is 1. The summed E-state index contributed by atoms with van der Waals surface area (Å²) in [5.41, 5.74) is 1.57. The standard InChI is InChI=1S/C17H15FN4O2S2/c1-9-14(10-4-5-13(24-2)12(18)6-10)21-17(26-9)22-15(23)11-7-19-16(25-3)20-8-11/h4-8H,1-3H3,(H,21,22,23). The maximum atomic E-state index is 13.9. The monoisotopic (exact) mass is 390 g/mol. The van der Waals surface area contributed by atoms with E-state index in [1.54, 1.807) is 12.1 Å². The van der Waals surface area contributed by atoms with Crippen molar-refractivity contribution in [3.8, 4) is 17.0 Å². The topological polar surface area (TPSA) is 77.0 Å². The van der Waals surface area contributed by atoms with Crippen molar-refractivity contribution in [3.05, 3.63) is 46.9 Å². The van der Waals surface area contributed by atoms with Crippen LogP contribution in [0.15, 0.2) is 35.7 Å². The lowest BCUT2D eigenvalue weighted by molar-refractivity contribution is 0.102. The smallest absolute Gasteiger partial charge is 0.260 e. The molecule has 0 saturated carbocycles. The third-order valence-corrected chi connectivity index (χ3v) is 4.98. The molecule has 1 N–H and O–H groups in total. The third-order valence-electron chi connectivity index (χ3n) is 3.52. The number of hydrogen-bond acceptors (Lipinski definition) is 7. The zero-order valence-corrected chi connectivity index (χ0v) is 15.9. The number of ether oxygens (including phenoxy) is 1. The van der Waals surface area contributed by atoms with Gasteiger partial charge in [0.05, 0.1) is 18.4 Å². The molecule has 0 spiro atoms. The van der Waals surface area contributed by atoms with E-state index in [-0.39, 0.29) is 11.7 Å². The number of nitrogens with one attached hydrogen (secondary N) is 1. The van der Waals surface area contributed by atoms with Gasteiger partial charge in [-0.25, -0.2) is 19.3 Å². The molecule has 3 aromatic rings. The van der Waals surface area contributed by atoms with Crippen molar-refractivity contribution in [1.29, 1.82) is 0 Å². The molecule has 2 aromatic heterocycles. The summed E-state index contributed by atoms with van der Waals surface area (Å²) >= 11 is 2.71. The van der Waals surface area contributed by atoms with E-state index < -0.39 is 5.82 Å². The van der Waals surface area contributed by atoms with Crippen molar-refractivity contribution < 1.29 is 13.9 Å². The van der Waals surface area contributed by atoms with Gasteiger partial charge in [0.1, 0.15) is 0 Å². The number of nitrogens with zero attached hydrogens (tertiary/aromatic N) is 3. The Morgan fingerprint density at radius 1 is 1.31 bits per heavy atom. The Hall–Kier alpha value is -2.52. The Morgan fingerprint density at radius 3 is 2.65 bits per heavy atom. The Kier molecular flexibility index (Phi) is 5.48. The molecule has 1 aromatic carbocycles. The number of carbonyl (C=O) groups excluding carboxylic acids is 1. The van der Waals surface area contributed by atoms with Crippen LogP contribution in [0.4, 0.5) is 9.52 Å². The second kappa shape index (κ2) is 7.79. The molecule has 2 heterocycles. The van der Waals surface area contributed by atoms with Gasteiger partial charge in [0, 0.05) is 22.8 Å². The molecule has 6 nitrogen and oxygen atoms in total. The van der Waals surface area contributed by atoms with E-state index in [0.717, 1.165) is 4.88 Å². The number of aryl methyl sites for hydroxylation is 1. The number of anilines is 1.